The lowest BCUT2D eigenvalue weighted by Crippen LogP contribution is -2.31. The Balaban J connectivity index is 1.33. The molecule has 7 heteroatoms. The van der Waals surface area contributed by atoms with Crippen molar-refractivity contribution in [1.29, 1.82) is 0 Å². The number of benzene rings is 2. The number of carbonyl (C=O) groups is 1. The predicted octanol–water partition coefficient (Wildman–Crippen LogP) is 3.47. The van der Waals surface area contributed by atoms with E-state index in [9.17, 15) is 9.18 Å². The molecule has 1 unspecified atom stereocenters. The van der Waals surface area contributed by atoms with Crippen LogP contribution in [0.5, 0.6) is 0 Å². The van der Waals surface area contributed by atoms with Crippen molar-refractivity contribution in [2.24, 2.45) is 0 Å². The Hall–Kier alpha value is -3.19. The SMILES string of the molecule is CN(C)C1CCN(c2ccc(NC(=O)Cn3cnc(-c4ccc(F)cc4)c3)cc2)C1. The summed E-state index contributed by atoms with van der Waals surface area (Å²) in [5, 5.41) is 2.93. The lowest BCUT2D eigenvalue weighted by Gasteiger charge is -2.22. The molecule has 1 atom stereocenters. The molecule has 1 aromatic heterocycles. The average Bonchev–Trinajstić information content (AvgIpc) is 3.39. The quantitative estimate of drug-likeness (QED) is 0.680. The Kier molecular flexibility index (Phi) is 5.81. The number of halogens is 1. The zero-order valence-electron chi connectivity index (χ0n) is 17.3. The Morgan fingerprint density at radius 1 is 1.17 bits per heavy atom. The Morgan fingerprint density at radius 3 is 2.57 bits per heavy atom. The van der Waals surface area contributed by atoms with Gasteiger partial charge in [-0.1, -0.05) is 0 Å². The van der Waals surface area contributed by atoms with Gasteiger partial charge in [0.2, 0.25) is 5.91 Å². The van der Waals surface area contributed by atoms with Crippen molar-refractivity contribution in [1.82, 2.24) is 14.5 Å². The van der Waals surface area contributed by atoms with Crippen LogP contribution in [0.2, 0.25) is 0 Å². The van der Waals surface area contributed by atoms with Gasteiger partial charge in [0.1, 0.15) is 12.4 Å². The molecular weight excluding hydrogens is 381 g/mol. The number of likely N-dealkylation sites (N-methyl/N-ethyl adjacent to an activating group) is 1. The molecule has 0 bridgehead atoms. The largest absolute Gasteiger partial charge is 0.370 e. The van der Waals surface area contributed by atoms with E-state index in [2.05, 4.69) is 46.3 Å². The molecule has 0 saturated carbocycles. The normalized spacial score (nSPS) is 16.3. The van der Waals surface area contributed by atoms with Gasteiger partial charge in [-0.3, -0.25) is 4.79 Å². The van der Waals surface area contributed by atoms with Crippen LogP contribution in [-0.2, 0) is 11.3 Å². The molecule has 2 aromatic carbocycles. The summed E-state index contributed by atoms with van der Waals surface area (Å²) in [4.78, 5) is 21.4. The first kappa shape index (κ1) is 20.1. The maximum Gasteiger partial charge on any atom is 0.244 e. The van der Waals surface area contributed by atoms with Crippen molar-refractivity contribution < 1.29 is 9.18 Å². The van der Waals surface area contributed by atoms with Gasteiger partial charge in [0.25, 0.3) is 0 Å². The summed E-state index contributed by atoms with van der Waals surface area (Å²) >= 11 is 0. The van der Waals surface area contributed by atoms with Crippen LogP contribution in [0.25, 0.3) is 11.3 Å². The number of nitrogens with one attached hydrogen (secondary N) is 1. The van der Waals surface area contributed by atoms with Crippen molar-refractivity contribution in [3.05, 3.63) is 66.9 Å². The fourth-order valence-corrected chi connectivity index (χ4v) is 3.74. The van der Waals surface area contributed by atoms with Crippen molar-refractivity contribution in [3.8, 4) is 11.3 Å². The molecular formula is C23H26FN5O. The maximum absolute atomic E-state index is 13.1. The molecule has 1 aliphatic rings. The third kappa shape index (κ3) is 4.68. The van der Waals surface area contributed by atoms with Crippen LogP contribution in [0.4, 0.5) is 15.8 Å². The first-order chi connectivity index (χ1) is 14.5. The summed E-state index contributed by atoms with van der Waals surface area (Å²) in [7, 11) is 4.24. The minimum atomic E-state index is -0.286. The molecule has 1 amide bonds. The summed E-state index contributed by atoms with van der Waals surface area (Å²) in [6.07, 6.45) is 4.55. The van der Waals surface area contributed by atoms with Crippen LogP contribution in [0.3, 0.4) is 0 Å². The number of anilines is 2. The summed E-state index contributed by atoms with van der Waals surface area (Å²) in [5.74, 6) is -0.412. The van der Waals surface area contributed by atoms with E-state index in [1.54, 1.807) is 29.2 Å². The minimum Gasteiger partial charge on any atom is -0.370 e. The maximum atomic E-state index is 13.1. The van der Waals surface area contributed by atoms with Gasteiger partial charge in [-0.15, -0.1) is 0 Å². The molecule has 1 N–H and O–H groups in total. The summed E-state index contributed by atoms with van der Waals surface area (Å²) in [5.41, 5.74) is 3.46. The van der Waals surface area contributed by atoms with E-state index < -0.39 is 0 Å². The fraction of sp³-hybridized carbons (Fsp3) is 0.304. The van der Waals surface area contributed by atoms with E-state index >= 15 is 0 Å². The molecule has 2 heterocycles. The number of aromatic nitrogens is 2. The smallest absolute Gasteiger partial charge is 0.244 e. The molecule has 4 rings (SSSR count). The molecule has 1 fully saturated rings. The van der Waals surface area contributed by atoms with Gasteiger partial charge in [0.15, 0.2) is 0 Å². The van der Waals surface area contributed by atoms with Gasteiger partial charge in [-0.25, -0.2) is 9.37 Å². The van der Waals surface area contributed by atoms with Crippen LogP contribution in [0.15, 0.2) is 61.1 Å². The monoisotopic (exact) mass is 407 g/mol. The standard InChI is InChI=1S/C23H26FN5O/c1-27(2)21-11-12-29(13-21)20-9-7-19(8-10-20)26-23(30)15-28-14-22(25-16-28)17-3-5-18(24)6-4-17/h3-10,14,16,21H,11-13,15H2,1-2H3,(H,26,30). The molecule has 0 radical (unpaired) electrons. The van der Waals surface area contributed by atoms with Gasteiger partial charge in [0, 0.05) is 42.3 Å². The van der Waals surface area contributed by atoms with E-state index in [0.29, 0.717) is 11.7 Å². The van der Waals surface area contributed by atoms with Gasteiger partial charge >= 0.3 is 0 Å². The second-order valence-corrected chi connectivity index (χ2v) is 7.89. The molecule has 3 aromatic rings. The van der Waals surface area contributed by atoms with Gasteiger partial charge < -0.3 is 19.7 Å². The van der Waals surface area contributed by atoms with Crippen LogP contribution < -0.4 is 10.2 Å². The molecule has 156 valence electrons. The topological polar surface area (TPSA) is 53.4 Å². The van der Waals surface area contributed by atoms with Crippen LogP contribution >= 0.6 is 0 Å². The van der Waals surface area contributed by atoms with Crippen molar-refractivity contribution in [2.75, 3.05) is 37.4 Å². The van der Waals surface area contributed by atoms with Crippen LogP contribution in [0, 0.1) is 5.82 Å². The molecule has 30 heavy (non-hydrogen) atoms. The van der Waals surface area contributed by atoms with E-state index in [1.807, 2.05) is 12.1 Å². The lowest BCUT2D eigenvalue weighted by molar-refractivity contribution is -0.116. The highest BCUT2D eigenvalue weighted by molar-refractivity contribution is 5.90. The number of hydrogen-bond donors (Lipinski definition) is 1. The number of rotatable bonds is 6. The Labute approximate surface area is 175 Å². The highest BCUT2D eigenvalue weighted by Gasteiger charge is 2.23. The van der Waals surface area contributed by atoms with E-state index in [1.165, 1.54) is 17.8 Å². The number of nitrogens with zero attached hydrogens (tertiary/aromatic N) is 4. The molecule has 1 aliphatic heterocycles. The molecule has 0 spiro atoms. The van der Waals surface area contributed by atoms with Crippen molar-refractivity contribution >= 4 is 17.3 Å². The molecule has 0 aliphatic carbocycles. The lowest BCUT2D eigenvalue weighted by atomic mass is 10.2. The number of amides is 1. The van der Waals surface area contributed by atoms with E-state index in [4.69, 9.17) is 0 Å². The summed E-state index contributed by atoms with van der Waals surface area (Å²) in [6.45, 7) is 2.23. The number of carbonyl (C=O) groups excluding carboxylic acids is 1. The minimum absolute atomic E-state index is 0.125. The van der Waals surface area contributed by atoms with Gasteiger partial charge in [-0.05, 0) is 69.0 Å². The second kappa shape index (κ2) is 8.67. The second-order valence-electron chi connectivity index (χ2n) is 7.89. The fourth-order valence-electron chi connectivity index (χ4n) is 3.74. The highest BCUT2D eigenvalue weighted by Crippen LogP contribution is 2.24. The first-order valence-corrected chi connectivity index (χ1v) is 10.1. The summed E-state index contributed by atoms with van der Waals surface area (Å²) in [6, 6.07) is 14.7. The summed E-state index contributed by atoms with van der Waals surface area (Å²) < 4.78 is 14.8. The number of hydrogen-bond acceptors (Lipinski definition) is 4. The number of imidazole rings is 1. The zero-order chi connectivity index (χ0) is 21.1. The predicted molar refractivity (Wildman–Crippen MR) is 117 cm³/mol. The zero-order valence-corrected chi connectivity index (χ0v) is 17.3. The average molecular weight is 407 g/mol. The van der Waals surface area contributed by atoms with E-state index in [-0.39, 0.29) is 18.3 Å². The Morgan fingerprint density at radius 2 is 1.90 bits per heavy atom. The van der Waals surface area contributed by atoms with Crippen LogP contribution in [-0.4, -0.2) is 53.6 Å². The van der Waals surface area contributed by atoms with Gasteiger partial charge in [-0.2, -0.15) is 0 Å². The highest BCUT2D eigenvalue weighted by atomic mass is 19.1. The van der Waals surface area contributed by atoms with Gasteiger partial charge in [0.05, 0.1) is 12.0 Å². The van der Waals surface area contributed by atoms with Crippen LogP contribution in [0.1, 0.15) is 6.42 Å². The van der Waals surface area contributed by atoms with Crippen molar-refractivity contribution in [3.63, 3.8) is 0 Å². The first-order valence-electron chi connectivity index (χ1n) is 10.1. The molecule has 1 saturated heterocycles. The molecule has 6 nitrogen and oxygen atoms in total. The third-order valence-electron chi connectivity index (χ3n) is 5.51. The third-order valence-corrected chi connectivity index (χ3v) is 5.51. The van der Waals surface area contributed by atoms with Crippen molar-refractivity contribution in [2.45, 2.75) is 19.0 Å². The van der Waals surface area contributed by atoms with E-state index in [0.717, 1.165) is 30.8 Å². The Bertz CT molecular complexity index is 997.